The molecule has 1 amide bonds. The Hall–Kier alpha value is -1.64. The average Bonchev–Trinajstić information content (AvgIpc) is 2.79. The standard InChI is InChI=1S/C14H10Cl3N3O/c15-9-4-3-8(2-1-5-18)6-11(9)20-14(21)12-7-10(16)13(17)19-12/h3-4,6-7,19H,5,18H2,(H,20,21). The number of halogens is 3. The number of H-pyrrole nitrogens is 1. The van der Waals surface area contributed by atoms with Crippen molar-refractivity contribution in [2.45, 2.75) is 0 Å². The molecule has 0 aliphatic carbocycles. The lowest BCUT2D eigenvalue weighted by Crippen LogP contribution is -2.12. The SMILES string of the molecule is NCC#Cc1ccc(Cl)c(NC(=O)c2cc(Cl)c(Cl)[nH]2)c1. The number of amides is 1. The van der Waals surface area contributed by atoms with Crippen LogP contribution in [0.25, 0.3) is 0 Å². The second-order valence-electron chi connectivity index (χ2n) is 4.00. The normalized spacial score (nSPS) is 9.90. The molecule has 0 bridgehead atoms. The Kier molecular flexibility index (Phi) is 5.16. The van der Waals surface area contributed by atoms with Crippen LogP contribution in [0.3, 0.4) is 0 Å². The fraction of sp³-hybridized carbons (Fsp3) is 0.0714. The molecule has 1 heterocycles. The van der Waals surface area contributed by atoms with Crippen molar-refractivity contribution in [2.75, 3.05) is 11.9 Å². The first-order valence-electron chi connectivity index (χ1n) is 5.85. The molecule has 0 aliphatic rings. The minimum atomic E-state index is -0.408. The highest BCUT2D eigenvalue weighted by atomic mass is 35.5. The zero-order valence-electron chi connectivity index (χ0n) is 10.6. The Morgan fingerprint density at radius 2 is 2.00 bits per heavy atom. The monoisotopic (exact) mass is 341 g/mol. The summed E-state index contributed by atoms with van der Waals surface area (Å²) < 4.78 is 0. The summed E-state index contributed by atoms with van der Waals surface area (Å²) >= 11 is 17.6. The Bertz CT molecular complexity index is 724. The molecule has 0 radical (unpaired) electrons. The fourth-order valence-corrected chi connectivity index (χ4v) is 2.05. The van der Waals surface area contributed by atoms with Crippen LogP contribution in [0.5, 0.6) is 0 Å². The number of carbonyl (C=O) groups is 1. The minimum absolute atomic E-state index is 0.204. The van der Waals surface area contributed by atoms with Crippen LogP contribution in [0.15, 0.2) is 24.3 Å². The molecule has 1 aromatic heterocycles. The molecule has 0 spiro atoms. The Labute approximate surface area is 136 Å². The summed E-state index contributed by atoms with van der Waals surface area (Å²) in [7, 11) is 0. The third kappa shape index (κ3) is 3.93. The number of aromatic amines is 1. The van der Waals surface area contributed by atoms with E-state index < -0.39 is 5.91 Å². The van der Waals surface area contributed by atoms with Crippen LogP contribution in [0, 0.1) is 11.8 Å². The van der Waals surface area contributed by atoms with Crippen LogP contribution in [-0.2, 0) is 0 Å². The smallest absolute Gasteiger partial charge is 0.272 e. The largest absolute Gasteiger partial charge is 0.340 e. The molecular formula is C14H10Cl3N3O. The molecular weight excluding hydrogens is 333 g/mol. The van der Waals surface area contributed by atoms with Gasteiger partial charge in [0, 0.05) is 5.56 Å². The summed E-state index contributed by atoms with van der Waals surface area (Å²) in [5.74, 6) is 5.18. The van der Waals surface area contributed by atoms with E-state index in [4.69, 9.17) is 40.5 Å². The van der Waals surface area contributed by atoms with Gasteiger partial charge in [0.25, 0.3) is 5.91 Å². The van der Waals surface area contributed by atoms with Crippen LogP contribution in [0.4, 0.5) is 5.69 Å². The van der Waals surface area contributed by atoms with E-state index in [0.717, 1.165) is 0 Å². The van der Waals surface area contributed by atoms with Crippen LogP contribution >= 0.6 is 34.8 Å². The van der Waals surface area contributed by atoms with E-state index >= 15 is 0 Å². The van der Waals surface area contributed by atoms with Crippen molar-refractivity contribution in [2.24, 2.45) is 5.73 Å². The first kappa shape index (κ1) is 15.7. The van der Waals surface area contributed by atoms with Crippen molar-refractivity contribution in [3.8, 4) is 11.8 Å². The molecule has 2 rings (SSSR count). The van der Waals surface area contributed by atoms with Crippen molar-refractivity contribution >= 4 is 46.4 Å². The Balaban J connectivity index is 2.24. The lowest BCUT2D eigenvalue weighted by molar-refractivity contribution is 0.102. The van der Waals surface area contributed by atoms with Gasteiger partial charge in [0.15, 0.2) is 0 Å². The van der Waals surface area contributed by atoms with Gasteiger partial charge in [-0.1, -0.05) is 46.6 Å². The molecule has 2 aromatic rings. The molecule has 21 heavy (non-hydrogen) atoms. The van der Waals surface area contributed by atoms with E-state index in [-0.39, 0.29) is 22.4 Å². The zero-order valence-corrected chi connectivity index (χ0v) is 12.9. The van der Waals surface area contributed by atoms with Crippen molar-refractivity contribution < 1.29 is 4.79 Å². The van der Waals surface area contributed by atoms with Crippen LogP contribution < -0.4 is 11.1 Å². The molecule has 108 valence electrons. The van der Waals surface area contributed by atoms with Crippen molar-refractivity contribution in [3.63, 3.8) is 0 Å². The van der Waals surface area contributed by atoms with Crippen LogP contribution in [0.2, 0.25) is 15.2 Å². The number of rotatable bonds is 2. The summed E-state index contributed by atoms with van der Waals surface area (Å²) in [5, 5.41) is 3.54. The van der Waals surface area contributed by atoms with E-state index in [0.29, 0.717) is 16.3 Å². The van der Waals surface area contributed by atoms with Crippen LogP contribution in [-0.4, -0.2) is 17.4 Å². The molecule has 0 fully saturated rings. The molecule has 0 saturated carbocycles. The average molecular weight is 343 g/mol. The topological polar surface area (TPSA) is 70.9 Å². The number of hydrogen-bond donors (Lipinski definition) is 3. The highest BCUT2D eigenvalue weighted by Gasteiger charge is 2.13. The number of nitrogens with two attached hydrogens (primary N) is 1. The maximum Gasteiger partial charge on any atom is 0.272 e. The van der Waals surface area contributed by atoms with Crippen molar-refractivity contribution in [1.29, 1.82) is 0 Å². The second-order valence-corrected chi connectivity index (χ2v) is 5.19. The molecule has 0 saturated heterocycles. The van der Waals surface area contributed by atoms with Crippen molar-refractivity contribution in [1.82, 2.24) is 4.98 Å². The van der Waals surface area contributed by atoms with Gasteiger partial charge in [-0.05, 0) is 24.3 Å². The van der Waals surface area contributed by atoms with Crippen molar-refractivity contribution in [3.05, 3.63) is 50.7 Å². The van der Waals surface area contributed by atoms with Crippen LogP contribution in [0.1, 0.15) is 16.1 Å². The lowest BCUT2D eigenvalue weighted by Gasteiger charge is -2.06. The lowest BCUT2D eigenvalue weighted by atomic mass is 10.2. The Morgan fingerprint density at radius 3 is 2.62 bits per heavy atom. The molecule has 0 atom stereocenters. The maximum absolute atomic E-state index is 12.1. The van der Waals surface area contributed by atoms with Gasteiger partial charge in [-0.15, -0.1) is 0 Å². The van der Waals surface area contributed by atoms with Gasteiger partial charge < -0.3 is 16.0 Å². The van der Waals surface area contributed by atoms with E-state index in [2.05, 4.69) is 22.1 Å². The third-order valence-electron chi connectivity index (χ3n) is 2.52. The summed E-state index contributed by atoms with van der Waals surface area (Å²) in [4.78, 5) is 14.7. The van der Waals surface area contributed by atoms with Gasteiger partial charge in [-0.3, -0.25) is 4.79 Å². The number of aromatic nitrogens is 1. The summed E-state index contributed by atoms with van der Waals surface area (Å²) in [6, 6.07) is 6.48. The van der Waals surface area contributed by atoms with Gasteiger partial charge in [-0.25, -0.2) is 0 Å². The van der Waals surface area contributed by atoms with Gasteiger partial charge in [0.1, 0.15) is 10.8 Å². The van der Waals surface area contributed by atoms with Gasteiger partial charge in [0.05, 0.1) is 22.3 Å². The van der Waals surface area contributed by atoms with E-state index in [1.54, 1.807) is 18.2 Å². The molecule has 0 aliphatic heterocycles. The molecule has 7 heteroatoms. The third-order valence-corrected chi connectivity index (χ3v) is 3.54. The maximum atomic E-state index is 12.1. The number of anilines is 1. The molecule has 1 aromatic carbocycles. The Morgan fingerprint density at radius 1 is 1.24 bits per heavy atom. The first-order chi connectivity index (χ1) is 10.0. The number of benzene rings is 1. The number of carbonyl (C=O) groups excluding carboxylic acids is 1. The zero-order chi connectivity index (χ0) is 15.4. The summed E-state index contributed by atoms with van der Waals surface area (Å²) in [6.45, 7) is 0.254. The molecule has 4 nitrogen and oxygen atoms in total. The predicted molar refractivity (Wildman–Crippen MR) is 86.2 cm³/mol. The van der Waals surface area contributed by atoms with Gasteiger partial charge >= 0.3 is 0 Å². The van der Waals surface area contributed by atoms with E-state index in [1.807, 2.05) is 0 Å². The number of nitrogens with one attached hydrogen (secondary N) is 2. The predicted octanol–water partition coefficient (Wildman–Crippen LogP) is 3.54. The summed E-state index contributed by atoms with van der Waals surface area (Å²) in [6.07, 6.45) is 0. The minimum Gasteiger partial charge on any atom is -0.340 e. The highest BCUT2D eigenvalue weighted by Crippen LogP contribution is 2.25. The quantitative estimate of drug-likeness (QED) is 0.731. The van der Waals surface area contributed by atoms with E-state index in [9.17, 15) is 4.79 Å². The van der Waals surface area contributed by atoms with E-state index in [1.165, 1.54) is 6.07 Å². The fourth-order valence-electron chi connectivity index (χ4n) is 1.57. The number of hydrogen-bond acceptors (Lipinski definition) is 2. The van der Waals surface area contributed by atoms with Gasteiger partial charge in [0.2, 0.25) is 0 Å². The summed E-state index contributed by atoms with van der Waals surface area (Å²) in [5.41, 5.74) is 6.69. The second kappa shape index (κ2) is 6.88. The first-order valence-corrected chi connectivity index (χ1v) is 6.98. The molecule has 4 N–H and O–H groups in total. The van der Waals surface area contributed by atoms with Gasteiger partial charge in [-0.2, -0.15) is 0 Å². The highest BCUT2D eigenvalue weighted by molar-refractivity contribution is 6.41. The molecule has 0 unspecified atom stereocenters.